The quantitative estimate of drug-likeness (QED) is 0.659. The third-order valence-electron chi connectivity index (χ3n) is 6.23. The van der Waals surface area contributed by atoms with E-state index >= 15 is 0 Å². The SMILES string of the molecule is COCCN1C(=O)C2C(CCSC)NC3(C(=O)Nc4c(C)cc(Cl)cc43)C2C1=O. The molecule has 0 radical (unpaired) electrons. The van der Waals surface area contributed by atoms with E-state index in [2.05, 4.69) is 10.6 Å². The third kappa shape index (κ3) is 2.91. The minimum absolute atomic E-state index is 0.190. The minimum Gasteiger partial charge on any atom is -0.383 e. The van der Waals surface area contributed by atoms with E-state index in [1.54, 1.807) is 23.9 Å². The summed E-state index contributed by atoms with van der Waals surface area (Å²) in [4.78, 5) is 41.2. The number of rotatable bonds is 6. The standard InChI is InChI=1S/C20H24ClN3O4S/c1-10-8-11(21)9-12-16(10)22-19(27)20(12)15-14(13(23-20)4-7-29-3)17(25)24(18(15)26)5-6-28-2/h8-9,13-15,23H,4-7H2,1-3H3,(H,22,27). The normalized spacial score (nSPS) is 30.3. The second-order valence-corrected chi connectivity index (χ2v) is 9.19. The molecule has 7 nitrogen and oxygen atoms in total. The lowest BCUT2D eigenvalue weighted by Gasteiger charge is -2.29. The number of ether oxygens (including phenoxy) is 1. The molecule has 2 saturated heterocycles. The number of methoxy groups -OCH3 is 1. The number of likely N-dealkylation sites (tertiary alicyclic amines) is 1. The number of benzene rings is 1. The number of nitrogens with one attached hydrogen (secondary N) is 2. The van der Waals surface area contributed by atoms with Crippen LogP contribution in [0, 0.1) is 18.8 Å². The number of hydrogen-bond donors (Lipinski definition) is 2. The number of fused-ring (bicyclic) bond motifs is 4. The van der Waals surface area contributed by atoms with Crippen LogP contribution in [-0.2, 0) is 24.7 Å². The van der Waals surface area contributed by atoms with E-state index in [9.17, 15) is 14.4 Å². The molecule has 0 bridgehead atoms. The van der Waals surface area contributed by atoms with Crippen molar-refractivity contribution in [3.8, 4) is 0 Å². The summed E-state index contributed by atoms with van der Waals surface area (Å²) >= 11 is 7.98. The first-order chi connectivity index (χ1) is 13.9. The van der Waals surface area contributed by atoms with Gasteiger partial charge in [-0.2, -0.15) is 11.8 Å². The van der Waals surface area contributed by atoms with Crippen molar-refractivity contribution in [3.05, 3.63) is 28.3 Å². The maximum absolute atomic E-state index is 13.4. The summed E-state index contributed by atoms with van der Waals surface area (Å²) in [5.74, 6) is -1.40. The minimum atomic E-state index is -1.28. The van der Waals surface area contributed by atoms with Crippen molar-refractivity contribution in [2.45, 2.75) is 24.9 Å². The first kappa shape index (κ1) is 20.7. The van der Waals surface area contributed by atoms with Crippen molar-refractivity contribution in [3.63, 3.8) is 0 Å². The Morgan fingerprint density at radius 2 is 2.03 bits per heavy atom. The molecule has 4 unspecified atom stereocenters. The predicted molar refractivity (Wildman–Crippen MR) is 112 cm³/mol. The summed E-state index contributed by atoms with van der Waals surface area (Å²) in [6.45, 7) is 2.32. The van der Waals surface area contributed by atoms with Gasteiger partial charge in [0.25, 0.3) is 0 Å². The van der Waals surface area contributed by atoms with Crippen molar-refractivity contribution < 1.29 is 19.1 Å². The van der Waals surface area contributed by atoms with Crippen LogP contribution in [0.1, 0.15) is 17.5 Å². The topological polar surface area (TPSA) is 87.7 Å². The van der Waals surface area contributed by atoms with Gasteiger partial charge in [-0.05, 0) is 43.0 Å². The molecule has 3 aliphatic heterocycles. The first-order valence-electron chi connectivity index (χ1n) is 9.59. The van der Waals surface area contributed by atoms with Gasteiger partial charge in [0.15, 0.2) is 0 Å². The number of anilines is 1. The molecule has 0 aromatic heterocycles. The number of hydrogen-bond acceptors (Lipinski definition) is 6. The summed E-state index contributed by atoms with van der Waals surface area (Å²) in [5, 5.41) is 6.85. The Hall–Kier alpha value is -1.61. The number of amides is 3. The number of aryl methyl sites for hydroxylation is 1. The molecule has 2 fully saturated rings. The fourth-order valence-corrected chi connectivity index (χ4v) is 5.75. The van der Waals surface area contributed by atoms with Crippen molar-refractivity contribution >= 4 is 46.8 Å². The van der Waals surface area contributed by atoms with Crippen LogP contribution in [0.4, 0.5) is 5.69 Å². The highest BCUT2D eigenvalue weighted by molar-refractivity contribution is 7.98. The molecular weight excluding hydrogens is 414 g/mol. The average molecular weight is 438 g/mol. The van der Waals surface area contributed by atoms with E-state index in [-0.39, 0.29) is 36.9 Å². The van der Waals surface area contributed by atoms with Crippen LogP contribution < -0.4 is 10.6 Å². The molecule has 156 valence electrons. The number of carbonyl (C=O) groups is 3. The summed E-state index contributed by atoms with van der Waals surface area (Å²) in [7, 11) is 1.53. The zero-order chi connectivity index (χ0) is 20.9. The van der Waals surface area contributed by atoms with E-state index in [0.717, 1.165) is 11.3 Å². The molecular formula is C20H24ClN3O4S. The van der Waals surface area contributed by atoms with Gasteiger partial charge in [0.05, 0.1) is 25.0 Å². The zero-order valence-electron chi connectivity index (χ0n) is 16.6. The number of halogens is 1. The molecule has 4 atom stereocenters. The lowest BCUT2D eigenvalue weighted by molar-refractivity contribution is -0.143. The van der Waals surface area contributed by atoms with Gasteiger partial charge in [0, 0.05) is 29.4 Å². The Balaban J connectivity index is 1.84. The molecule has 0 saturated carbocycles. The maximum Gasteiger partial charge on any atom is 0.250 e. The molecule has 4 rings (SSSR count). The lowest BCUT2D eigenvalue weighted by atomic mass is 9.76. The van der Waals surface area contributed by atoms with Gasteiger partial charge in [0.2, 0.25) is 17.7 Å². The van der Waals surface area contributed by atoms with Gasteiger partial charge >= 0.3 is 0 Å². The summed E-state index contributed by atoms with van der Waals surface area (Å²) in [6.07, 6.45) is 2.68. The molecule has 3 amide bonds. The molecule has 9 heteroatoms. The number of imide groups is 1. The molecule has 3 heterocycles. The van der Waals surface area contributed by atoms with E-state index in [1.807, 2.05) is 13.2 Å². The highest BCUT2D eigenvalue weighted by Crippen LogP contribution is 2.54. The van der Waals surface area contributed by atoms with Gasteiger partial charge in [-0.1, -0.05) is 11.6 Å². The predicted octanol–water partition coefficient (Wildman–Crippen LogP) is 1.77. The van der Waals surface area contributed by atoms with Crippen molar-refractivity contribution in [1.29, 1.82) is 0 Å². The van der Waals surface area contributed by atoms with Gasteiger partial charge in [-0.25, -0.2) is 0 Å². The van der Waals surface area contributed by atoms with Crippen LogP contribution in [0.15, 0.2) is 12.1 Å². The molecule has 3 aliphatic rings. The van der Waals surface area contributed by atoms with Crippen molar-refractivity contribution in [2.24, 2.45) is 11.8 Å². The van der Waals surface area contributed by atoms with E-state index < -0.39 is 17.4 Å². The fourth-order valence-electron chi connectivity index (χ4n) is 4.99. The van der Waals surface area contributed by atoms with E-state index in [1.165, 1.54) is 12.0 Å². The fraction of sp³-hybridized carbons (Fsp3) is 0.550. The Kier molecular flexibility index (Phi) is 5.40. The van der Waals surface area contributed by atoms with E-state index in [4.69, 9.17) is 16.3 Å². The molecule has 29 heavy (non-hydrogen) atoms. The summed E-state index contributed by atoms with van der Waals surface area (Å²) in [5.41, 5.74) is 0.875. The van der Waals surface area contributed by atoms with Crippen LogP contribution in [0.3, 0.4) is 0 Å². The molecule has 1 spiro atoms. The Bertz CT molecular complexity index is 895. The average Bonchev–Trinajstić information content (AvgIpc) is 3.25. The molecule has 0 aliphatic carbocycles. The zero-order valence-corrected chi connectivity index (χ0v) is 18.2. The first-order valence-corrected chi connectivity index (χ1v) is 11.4. The number of carbonyl (C=O) groups excluding carboxylic acids is 3. The highest BCUT2D eigenvalue weighted by Gasteiger charge is 2.70. The Labute approximate surface area is 178 Å². The monoisotopic (exact) mass is 437 g/mol. The van der Waals surface area contributed by atoms with Gasteiger partial charge in [-0.15, -0.1) is 0 Å². The molecule has 1 aromatic carbocycles. The number of thioether (sulfide) groups is 1. The van der Waals surface area contributed by atoms with Crippen LogP contribution in [-0.4, -0.2) is 60.9 Å². The van der Waals surface area contributed by atoms with Gasteiger partial charge < -0.3 is 10.1 Å². The Morgan fingerprint density at radius 3 is 2.72 bits per heavy atom. The third-order valence-corrected chi connectivity index (χ3v) is 7.09. The van der Waals surface area contributed by atoms with Crippen LogP contribution in [0.5, 0.6) is 0 Å². The molecule has 1 aromatic rings. The van der Waals surface area contributed by atoms with Gasteiger partial charge in [0.1, 0.15) is 5.54 Å². The van der Waals surface area contributed by atoms with Gasteiger partial charge in [-0.3, -0.25) is 24.6 Å². The maximum atomic E-state index is 13.4. The second-order valence-electron chi connectivity index (χ2n) is 7.76. The number of nitrogens with zero attached hydrogens (tertiary/aromatic N) is 1. The van der Waals surface area contributed by atoms with Crippen molar-refractivity contribution in [1.82, 2.24) is 10.2 Å². The van der Waals surface area contributed by atoms with Crippen LogP contribution in [0.2, 0.25) is 5.02 Å². The second kappa shape index (κ2) is 7.58. The Morgan fingerprint density at radius 1 is 1.28 bits per heavy atom. The summed E-state index contributed by atoms with van der Waals surface area (Å²) in [6, 6.07) is 3.25. The molecule has 2 N–H and O–H groups in total. The van der Waals surface area contributed by atoms with Crippen LogP contribution >= 0.6 is 23.4 Å². The van der Waals surface area contributed by atoms with Crippen molar-refractivity contribution in [2.75, 3.05) is 37.6 Å². The van der Waals surface area contributed by atoms with Crippen LogP contribution in [0.25, 0.3) is 0 Å². The van der Waals surface area contributed by atoms with E-state index in [0.29, 0.717) is 22.7 Å². The largest absolute Gasteiger partial charge is 0.383 e. The highest BCUT2D eigenvalue weighted by atomic mass is 35.5. The summed E-state index contributed by atoms with van der Waals surface area (Å²) < 4.78 is 5.08. The lowest BCUT2D eigenvalue weighted by Crippen LogP contribution is -2.53. The smallest absolute Gasteiger partial charge is 0.250 e.